The van der Waals surface area contributed by atoms with Crippen molar-refractivity contribution in [3.05, 3.63) is 45.9 Å². The lowest BCUT2D eigenvalue weighted by atomic mass is 10.2. The summed E-state index contributed by atoms with van der Waals surface area (Å²) < 4.78 is 0. The van der Waals surface area contributed by atoms with Crippen molar-refractivity contribution < 1.29 is 9.90 Å². The second-order valence-corrected chi connectivity index (χ2v) is 6.41. The topological polar surface area (TPSA) is 59.6 Å². The molecule has 6 heteroatoms. The Bertz CT molecular complexity index is 704. The highest BCUT2D eigenvalue weighted by atomic mass is 32.1. The number of carbonyl (C=O) groups excluding carboxylic acids is 1. The quantitative estimate of drug-likeness (QED) is 0.837. The van der Waals surface area contributed by atoms with E-state index in [1.807, 2.05) is 22.4 Å². The SMILES string of the molecule is O=C(c1ccc[nH]1)N1CCN(Cc2cc(C#CCO)cs2)CC1. The summed E-state index contributed by atoms with van der Waals surface area (Å²) in [5.74, 6) is 5.67. The van der Waals surface area contributed by atoms with Gasteiger partial charge in [-0.1, -0.05) is 11.8 Å². The first-order chi connectivity index (χ1) is 11.3. The van der Waals surface area contributed by atoms with E-state index in [9.17, 15) is 4.79 Å². The zero-order chi connectivity index (χ0) is 16.1. The van der Waals surface area contributed by atoms with E-state index in [-0.39, 0.29) is 12.5 Å². The normalized spacial score (nSPS) is 15.3. The number of aliphatic hydroxyl groups excluding tert-OH is 1. The van der Waals surface area contributed by atoms with Crippen LogP contribution in [0.4, 0.5) is 0 Å². The largest absolute Gasteiger partial charge is 0.384 e. The predicted molar refractivity (Wildman–Crippen MR) is 90.3 cm³/mol. The third-order valence-corrected chi connectivity index (χ3v) is 4.75. The maximum Gasteiger partial charge on any atom is 0.270 e. The Labute approximate surface area is 139 Å². The predicted octanol–water partition coefficient (Wildman–Crippen LogP) is 1.38. The first-order valence-electron chi connectivity index (χ1n) is 7.58. The molecule has 1 saturated heterocycles. The number of nitrogens with zero attached hydrogens (tertiary/aromatic N) is 2. The third kappa shape index (κ3) is 4.02. The number of amides is 1. The first-order valence-corrected chi connectivity index (χ1v) is 8.46. The molecule has 0 aliphatic carbocycles. The molecule has 0 radical (unpaired) electrons. The van der Waals surface area contributed by atoms with Gasteiger partial charge in [0.1, 0.15) is 12.3 Å². The van der Waals surface area contributed by atoms with Crippen molar-refractivity contribution in [2.45, 2.75) is 6.54 Å². The minimum absolute atomic E-state index is 0.0762. The van der Waals surface area contributed by atoms with Gasteiger partial charge in [-0.05, 0) is 18.2 Å². The average Bonchev–Trinajstić information content (AvgIpc) is 3.25. The minimum atomic E-state index is -0.109. The summed E-state index contributed by atoms with van der Waals surface area (Å²) in [6.45, 7) is 4.03. The van der Waals surface area contributed by atoms with E-state index in [0.717, 1.165) is 38.3 Å². The molecular formula is C17H19N3O2S. The number of aromatic nitrogens is 1. The van der Waals surface area contributed by atoms with Crippen LogP contribution in [0.1, 0.15) is 20.9 Å². The fourth-order valence-corrected chi connectivity index (χ4v) is 3.49. The van der Waals surface area contributed by atoms with Crippen molar-refractivity contribution in [3.8, 4) is 11.8 Å². The molecular weight excluding hydrogens is 310 g/mol. The second kappa shape index (κ2) is 7.47. The molecule has 1 aliphatic rings. The van der Waals surface area contributed by atoms with Crippen LogP contribution in [0.25, 0.3) is 0 Å². The lowest BCUT2D eigenvalue weighted by Gasteiger charge is -2.34. The number of H-pyrrole nitrogens is 1. The average molecular weight is 329 g/mol. The van der Waals surface area contributed by atoms with Gasteiger partial charge in [0, 0.05) is 54.7 Å². The van der Waals surface area contributed by atoms with E-state index >= 15 is 0 Å². The molecule has 3 heterocycles. The lowest BCUT2D eigenvalue weighted by Crippen LogP contribution is -2.48. The highest BCUT2D eigenvalue weighted by Crippen LogP contribution is 2.17. The Kier molecular flexibility index (Phi) is 5.13. The summed E-state index contributed by atoms with van der Waals surface area (Å²) in [6.07, 6.45) is 1.78. The van der Waals surface area contributed by atoms with Crippen molar-refractivity contribution >= 4 is 17.2 Å². The van der Waals surface area contributed by atoms with Gasteiger partial charge in [-0.25, -0.2) is 0 Å². The van der Waals surface area contributed by atoms with Gasteiger partial charge in [-0.15, -0.1) is 11.3 Å². The molecule has 0 spiro atoms. The van der Waals surface area contributed by atoms with Crippen LogP contribution in [-0.4, -0.2) is 58.6 Å². The van der Waals surface area contributed by atoms with E-state index in [1.165, 1.54) is 4.88 Å². The summed E-state index contributed by atoms with van der Waals surface area (Å²) >= 11 is 1.69. The monoisotopic (exact) mass is 329 g/mol. The fourth-order valence-electron chi connectivity index (χ4n) is 2.63. The number of carbonyl (C=O) groups is 1. The first kappa shape index (κ1) is 15.8. The Balaban J connectivity index is 1.51. The van der Waals surface area contributed by atoms with E-state index in [2.05, 4.69) is 27.8 Å². The molecule has 0 bridgehead atoms. The molecule has 0 saturated carbocycles. The number of hydrogen-bond donors (Lipinski definition) is 2. The van der Waals surface area contributed by atoms with Gasteiger partial charge in [0.05, 0.1) is 0 Å². The molecule has 1 aliphatic heterocycles. The highest BCUT2D eigenvalue weighted by molar-refractivity contribution is 7.10. The molecule has 1 amide bonds. The van der Waals surface area contributed by atoms with Crippen molar-refractivity contribution in [2.75, 3.05) is 32.8 Å². The summed E-state index contributed by atoms with van der Waals surface area (Å²) in [5, 5.41) is 10.7. The van der Waals surface area contributed by atoms with Crippen LogP contribution in [0.15, 0.2) is 29.8 Å². The molecule has 5 nitrogen and oxygen atoms in total. The van der Waals surface area contributed by atoms with E-state index in [1.54, 1.807) is 17.5 Å². The summed E-state index contributed by atoms with van der Waals surface area (Å²) in [5.41, 5.74) is 1.61. The maximum atomic E-state index is 12.3. The number of aromatic amines is 1. The van der Waals surface area contributed by atoms with Crippen LogP contribution in [0.3, 0.4) is 0 Å². The number of thiophene rings is 1. The third-order valence-electron chi connectivity index (χ3n) is 3.83. The summed E-state index contributed by atoms with van der Waals surface area (Å²) in [4.78, 5) is 20.8. The van der Waals surface area contributed by atoms with Gasteiger partial charge in [-0.2, -0.15) is 0 Å². The molecule has 0 atom stereocenters. The Hall–Kier alpha value is -2.07. The molecule has 1 fully saturated rings. The van der Waals surface area contributed by atoms with Crippen LogP contribution >= 0.6 is 11.3 Å². The number of hydrogen-bond acceptors (Lipinski definition) is 4. The van der Waals surface area contributed by atoms with E-state index in [0.29, 0.717) is 5.69 Å². The fraction of sp³-hybridized carbons (Fsp3) is 0.353. The standard InChI is InChI=1S/C17H19N3O2S/c21-10-2-3-14-11-15(23-13-14)12-19-6-8-20(9-7-19)17(22)16-4-1-5-18-16/h1,4-5,11,13,18,21H,6-10,12H2. The molecule has 2 aromatic rings. The summed E-state index contributed by atoms with van der Waals surface area (Å²) in [7, 11) is 0. The molecule has 0 unspecified atom stereocenters. The van der Waals surface area contributed by atoms with E-state index in [4.69, 9.17) is 5.11 Å². The van der Waals surface area contributed by atoms with Gasteiger partial charge >= 0.3 is 0 Å². The maximum absolute atomic E-state index is 12.3. The Morgan fingerprint density at radius 1 is 1.35 bits per heavy atom. The molecule has 2 N–H and O–H groups in total. The summed E-state index contributed by atoms with van der Waals surface area (Å²) in [6, 6.07) is 5.73. The van der Waals surface area contributed by atoms with Crippen molar-refractivity contribution in [3.63, 3.8) is 0 Å². The van der Waals surface area contributed by atoms with Crippen molar-refractivity contribution in [2.24, 2.45) is 0 Å². The smallest absolute Gasteiger partial charge is 0.270 e. The van der Waals surface area contributed by atoms with Crippen LogP contribution in [0.2, 0.25) is 0 Å². The van der Waals surface area contributed by atoms with Gasteiger partial charge in [0.2, 0.25) is 0 Å². The number of nitrogens with one attached hydrogen (secondary N) is 1. The van der Waals surface area contributed by atoms with Gasteiger partial charge in [-0.3, -0.25) is 9.69 Å². The van der Waals surface area contributed by atoms with E-state index < -0.39 is 0 Å². The zero-order valence-corrected chi connectivity index (χ0v) is 13.6. The second-order valence-electron chi connectivity index (χ2n) is 5.41. The molecule has 23 heavy (non-hydrogen) atoms. The Morgan fingerprint density at radius 2 is 2.17 bits per heavy atom. The number of piperazine rings is 1. The number of rotatable bonds is 3. The zero-order valence-electron chi connectivity index (χ0n) is 12.8. The van der Waals surface area contributed by atoms with Gasteiger partial charge < -0.3 is 15.0 Å². The molecule has 0 aromatic carbocycles. The van der Waals surface area contributed by atoms with Crippen LogP contribution < -0.4 is 0 Å². The van der Waals surface area contributed by atoms with Gasteiger partial charge in [0.25, 0.3) is 5.91 Å². The highest BCUT2D eigenvalue weighted by Gasteiger charge is 2.22. The van der Waals surface area contributed by atoms with Crippen LogP contribution in [0.5, 0.6) is 0 Å². The lowest BCUT2D eigenvalue weighted by molar-refractivity contribution is 0.0624. The van der Waals surface area contributed by atoms with Crippen molar-refractivity contribution in [1.29, 1.82) is 0 Å². The van der Waals surface area contributed by atoms with Crippen molar-refractivity contribution in [1.82, 2.24) is 14.8 Å². The number of aliphatic hydroxyl groups is 1. The van der Waals surface area contributed by atoms with Gasteiger partial charge in [0.15, 0.2) is 0 Å². The molecule has 3 rings (SSSR count). The molecule has 2 aromatic heterocycles. The van der Waals surface area contributed by atoms with Crippen LogP contribution in [0, 0.1) is 11.8 Å². The van der Waals surface area contributed by atoms with Crippen LogP contribution in [-0.2, 0) is 6.54 Å². The molecule has 120 valence electrons. The minimum Gasteiger partial charge on any atom is -0.384 e. The Morgan fingerprint density at radius 3 is 2.87 bits per heavy atom.